The van der Waals surface area contributed by atoms with Gasteiger partial charge < -0.3 is 5.11 Å². The number of hydrogen-bond acceptors (Lipinski definition) is 5. The molecule has 1 N–H and O–H groups in total. The molecule has 0 spiro atoms. The summed E-state index contributed by atoms with van der Waals surface area (Å²) in [6.07, 6.45) is 3.73. The van der Waals surface area contributed by atoms with Gasteiger partial charge in [0.05, 0.1) is 12.0 Å². The molecule has 0 radical (unpaired) electrons. The van der Waals surface area contributed by atoms with Gasteiger partial charge in [-0.25, -0.2) is 0 Å². The van der Waals surface area contributed by atoms with Crippen LogP contribution in [0, 0.1) is 0 Å². The van der Waals surface area contributed by atoms with Crippen LogP contribution >= 0.6 is 24.0 Å². The predicted molar refractivity (Wildman–Crippen MR) is 81.5 cm³/mol. The standard InChI is InChI=1S/C13H12N2O2S2/c1-2-4-9-5-3-6-10(12(9)17)7-14-15-11(16)8-19-13(15)18/h2-3,5-7,17H,1,4,8H2/b14-7-. The molecular formula is C13H12N2O2S2. The van der Waals surface area contributed by atoms with Crippen LogP contribution in [0.25, 0.3) is 0 Å². The molecule has 1 fully saturated rings. The van der Waals surface area contributed by atoms with Crippen LogP contribution in [-0.4, -0.2) is 32.3 Å². The molecule has 0 atom stereocenters. The van der Waals surface area contributed by atoms with Crippen LogP contribution in [0.5, 0.6) is 5.75 Å². The van der Waals surface area contributed by atoms with Gasteiger partial charge in [0, 0.05) is 5.56 Å². The second-order valence-electron chi connectivity index (χ2n) is 3.85. The average Bonchev–Trinajstić information content (AvgIpc) is 2.71. The first-order chi connectivity index (χ1) is 9.13. The fourth-order valence-electron chi connectivity index (χ4n) is 1.61. The van der Waals surface area contributed by atoms with E-state index in [-0.39, 0.29) is 11.7 Å². The SMILES string of the molecule is C=CCc1cccc(/C=N\N2C(=O)CSC2=S)c1O. The number of thiocarbonyl (C=S) groups is 1. The molecule has 0 aliphatic carbocycles. The molecule has 0 bridgehead atoms. The van der Waals surface area contributed by atoms with Crippen molar-refractivity contribution in [1.29, 1.82) is 0 Å². The lowest BCUT2D eigenvalue weighted by atomic mass is 10.1. The maximum atomic E-state index is 11.5. The Morgan fingerprint density at radius 3 is 3.00 bits per heavy atom. The molecule has 1 aromatic rings. The van der Waals surface area contributed by atoms with Crippen molar-refractivity contribution in [3.8, 4) is 5.75 Å². The Morgan fingerprint density at radius 2 is 2.37 bits per heavy atom. The highest BCUT2D eigenvalue weighted by atomic mass is 32.2. The van der Waals surface area contributed by atoms with Gasteiger partial charge >= 0.3 is 0 Å². The monoisotopic (exact) mass is 292 g/mol. The largest absolute Gasteiger partial charge is 0.507 e. The van der Waals surface area contributed by atoms with Crippen LogP contribution in [0.15, 0.2) is 36.0 Å². The van der Waals surface area contributed by atoms with E-state index in [4.69, 9.17) is 12.2 Å². The summed E-state index contributed by atoms with van der Waals surface area (Å²) in [7, 11) is 0. The lowest BCUT2D eigenvalue weighted by molar-refractivity contribution is -0.123. The van der Waals surface area contributed by atoms with E-state index < -0.39 is 0 Å². The third kappa shape index (κ3) is 3.02. The van der Waals surface area contributed by atoms with E-state index in [1.165, 1.54) is 23.0 Å². The smallest absolute Gasteiger partial charge is 0.259 e. The van der Waals surface area contributed by atoms with Gasteiger partial charge in [-0.3, -0.25) is 4.79 Å². The normalized spacial score (nSPS) is 15.5. The first-order valence-corrected chi connectivity index (χ1v) is 6.98. The molecule has 0 saturated carbocycles. The van der Waals surface area contributed by atoms with E-state index in [0.717, 1.165) is 5.56 Å². The minimum atomic E-state index is -0.145. The molecule has 0 unspecified atom stereocenters. The number of hydrazone groups is 1. The van der Waals surface area contributed by atoms with E-state index in [1.54, 1.807) is 12.1 Å². The second-order valence-corrected chi connectivity index (χ2v) is 5.46. The zero-order valence-corrected chi connectivity index (χ0v) is 11.7. The molecule has 1 aliphatic rings. The number of hydrogen-bond donors (Lipinski definition) is 1. The molecule has 1 amide bonds. The first-order valence-electron chi connectivity index (χ1n) is 5.59. The van der Waals surface area contributed by atoms with Crippen LogP contribution < -0.4 is 0 Å². The summed E-state index contributed by atoms with van der Waals surface area (Å²) >= 11 is 6.29. The zero-order chi connectivity index (χ0) is 13.8. The van der Waals surface area contributed by atoms with Crippen molar-refractivity contribution in [2.75, 3.05) is 5.75 Å². The van der Waals surface area contributed by atoms with Crippen molar-refractivity contribution in [1.82, 2.24) is 5.01 Å². The lowest BCUT2D eigenvalue weighted by Gasteiger charge is -2.08. The third-order valence-electron chi connectivity index (χ3n) is 2.56. The number of rotatable bonds is 4. The fraction of sp³-hybridized carbons (Fsp3) is 0.154. The third-order valence-corrected chi connectivity index (χ3v) is 3.89. The molecular weight excluding hydrogens is 280 g/mol. The van der Waals surface area contributed by atoms with Crippen LogP contribution in [-0.2, 0) is 11.2 Å². The van der Waals surface area contributed by atoms with Crippen LogP contribution in [0.1, 0.15) is 11.1 Å². The average molecular weight is 292 g/mol. The minimum Gasteiger partial charge on any atom is -0.507 e. The molecule has 1 aromatic carbocycles. The van der Waals surface area contributed by atoms with Crippen molar-refractivity contribution in [2.45, 2.75) is 6.42 Å². The number of nitrogens with zero attached hydrogens (tertiary/aromatic N) is 2. The highest BCUT2D eigenvalue weighted by molar-refractivity contribution is 8.23. The highest BCUT2D eigenvalue weighted by Crippen LogP contribution is 2.23. The molecule has 1 heterocycles. The van der Waals surface area contributed by atoms with Gasteiger partial charge in [-0.05, 0) is 18.1 Å². The molecule has 19 heavy (non-hydrogen) atoms. The summed E-state index contributed by atoms with van der Waals surface area (Å²) < 4.78 is 0.433. The Hall–Kier alpha value is -1.66. The summed E-state index contributed by atoms with van der Waals surface area (Å²) in [5.41, 5.74) is 1.32. The number of phenolic OH excluding ortho intramolecular Hbond substituents is 1. The van der Waals surface area contributed by atoms with E-state index in [0.29, 0.717) is 22.1 Å². The number of allylic oxidation sites excluding steroid dienone is 1. The van der Waals surface area contributed by atoms with Gasteiger partial charge in [-0.15, -0.1) is 6.58 Å². The van der Waals surface area contributed by atoms with Gasteiger partial charge in [0.1, 0.15) is 5.75 Å². The van der Waals surface area contributed by atoms with Crippen molar-refractivity contribution >= 4 is 40.4 Å². The maximum Gasteiger partial charge on any atom is 0.259 e. The number of benzene rings is 1. The molecule has 1 aliphatic heterocycles. The Labute approximate surface area is 120 Å². The van der Waals surface area contributed by atoms with E-state index >= 15 is 0 Å². The van der Waals surface area contributed by atoms with Crippen LogP contribution in [0.4, 0.5) is 0 Å². The molecule has 6 heteroatoms. The summed E-state index contributed by atoms with van der Waals surface area (Å²) in [5, 5.41) is 15.3. The van der Waals surface area contributed by atoms with Crippen molar-refractivity contribution in [3.63, 3.8) is 0 Å². The predicted octanol–water partition coefficient (Wildman–Crippen LogP) is 2.31. The maximum absolute atomic E-state index is 11.5. The highest BCUT2D eigenvalue weighted by Gasteiger charge is 2.26. The number of carbonyl (C=O) groups is 1. The van der Waals surface area contributed by atoms with Crippen LogP contribution in [0.2, 0.25) is 0 Å². The fourth-order valence-corrected chi connectivity index (χ4v) is 2.58. The molecule has 1 saturated heterocycles. The van der Waals surface area contributed by atoms with Crippen molar-refractivity contribution in [3.05, 3.63) is 42.0 Å². The van der Waals surface area contributed by atoms with Gasteiger partial charge in [0.2, 0.25) is 0 Å². The summed E-state index contributed by atoms with van der Waals surface area (Å²) in [4.78, 5) is 11.5. The van der Waals surface area contributed by atoms with Crippen molar-refractivity contribution < 1.29 is 9.90 Å². The molecule has 0 aromatic heterocycles. The van der Waals surface area contributed by atoms with Crippen LogP contribution in [0.3, 0.4) is 0 Å². The van der Waals surface area contributed by atoms with Gasteiger partial charge in [0.15, 0.2) is 4.32 Å². The zero-order valence-electron chi connectivity index (χ0n) is 10.1. The summed E-state index contributed by atoms with van der Waals surface area (Å²) in [6.45, 7) is 3.64. The first kappa shape index (κ1) is 13.8. The Kier molecular flexibility index (Phi) is 4.34. The van der Waals surface area contributed by atoms with Gasteiger partial charge in [-0.1, -0.05) is 42.2 Å². The lowest BCUT2D eigenvalue weighted by Crippen LogP contribution is -2.22. The number of amides is 1. The summed E-state index contributed by atoms with van der Waals surface area (Å²) in [6, 6.07) is 5.36. The second kappa shape index (κ2) is 5.99. The van der Waals surface area contributed by atoms with E-state index in [1.807, 2.05) is 12.1 Å². The Bertz CT molecular complexity index is 554. The number of para-hydroxylation sites is 1. The number of carbonyl (C=O) groups excluding carboxylic acids is 1. The van der Waals surface area contributed by atoms with Gasteiger partial charge in [-0.2, -0.15) is 10.1 Å². The molecule has 4 nitrogen and oxygen atoms in total. The van der Waals surface area contributed by atoms with Crippen molar-refractivity contribution in [2.24, 2.45) is 5.10 Å². The topological polar surface area (TPSA) is 52.9 Å². The number of phenols is 1. The number of aromatic hydroxyl groups is 1. The van der Waals surface area contributed by atoms with E-state index in [9.17, 15) is 9.90 Å². The number of thioether (sulfide) groups is 1. The van der Waals surface area contributed by atoms with Gasteiger partial charge in [0.25, 0.3) is 5.91 Å². The molecule has 2 rings (SSSR count). The Morgan fingerprint density at radius 1 is 1.58 bits per heavy atom. The Balaban J connectivity index is 2.23. The minimum absolute atomic E-state index is 0.145. The molecule has 98 valence electrons. The van der Waals surface area contributed by atoms with E-state index in [2.05, 4.69) is 11.7 Å². The quantitative estimate of drug-likeness (QED) is 0.526. The summed E-state index contributed by atoms with van der Waals surface area (Å²) in [5.74, 6) is 0.322.